The van der Waals surface area contributed by atoms with Gasteiger partial charge in [0.1, 0.15) is 6.07 Å². The van der Waals surface area contributed by atoms with Gasteiger partial charge in [-0.2, -0.15) is 10.4 Å². The molecule has 5 nitrogen and oxygen atoms in total. The van der Waals surface area contributed by atoms with Crippen LogP contribution in [0.25, 0.3) is 0 Å². The summed E-state index contributed by atoms with van der Waals surface area (Å²) >= 11 is 0. The summed E-state index contributed by atoms with van der Waals surface area (Å²) in [7, 11) is 0. The van der Waals surface area contributed by atoms with E-state index in [0.717, 1.165) is 0 Å². The fraction of sp³-hybridized carbons (Fsp3) is 0. The molecule has 0 aliphatic rings. The Bertz CT molecular complexity index is 391. The molecule has 0 aromatic heterocycles. The summed E-state index contributed by atoms with van der Waals surface area (Å²) in [4.78, 5) is 10.6. The number of nitrogens with two attached hydrogens (primary N) is 1. The molecule has 1 amide bonds. The van der Waals surface area contributed by atoms with Crippen molar-refractivity contribution in [2.75, 3.05) is 5.43 Å². The van der Waals surface area contributed by atoms with E-state index in [2.05, 4.69) is 10.5 Å². The van der Waals surface area contributed by atoms with Crippen LogP contribution in [-0.2, 0) is 4.79 Å². The zero-order valence-electron chi connectivity index (χ0n) is 7.27. The van der Waals surface area contributed by atoms with Crippen molar-refractivity contribution in [1.29, 1.82) is 5.26 Å². The van der Waals surface area contributed by atoms with Gasteiger partial charge in [-0.25, -0.2) is 0 Å². The molecule has 0 aliphatic heterocycles. The summed E-state index contributed by atoms with van der Waals surface area (Å²) < 4.78 is 0. The number of nitrogens with zero attached hydrogens (tertiary/aromatic N) is 2. The van der Waals surface area contributed by atoms with Crippen molar-refractivity contribution in [3.05, 3.63) is 30.3 Å². The number of hydrogen-bond acceptors (Lipinski definition) is 4. The van der Waals surface area contributed by atoms with Crippen molar-refractivity contribution in [3.63, 3.8) is 0 Å². The molecule has 0 aliphatic carbocycles. The minimum absolute atomic E-state index is 0.353. The largest absolute Gasteiger partial charge is 0.364 e. The van der Waals surface area contributed by atoms with Crippen LogP contribution in [0.15, 0.2) is 35.4 Å². The van der Waals surface area contributed by atoms with Gasteiger partial charge in [0.2, 0.25) is 5.71 Å². The van der Waals surface area contributed by atoms with Crippen LogP contribution in [0, 0.1) is 11.3 Å². The smallest absolute Gasteiger partial charge is 0.280 e. The second-order valence-corrected chi connectivity index (χ2v) is 2.41. The number of para-hydroxylation sites is 1. The van der Waals surface area contributed by atoms with E-state index in [4.69, 9.17) is 11.0 Å². The summed E-state index contributed by atoms with van der Waals surface area (Å²) in [6, 6.07) is 10.5. The van der Waals surface area contributed by atoms with Crippen molar-refractivity contribution >= 4 is 17.3 Å². The van der Waals surface area contributed by atoms with Gasteiger partial charge in [0.05, 0.1) is 5.69 Å². The van der Waals surface area contributed by atoms with Crippen molar-refractivity contribution < 1.29 is 4.79 Å². The Hall–Kier alpha value is -2.35. The first-order valence-corrected chi connectivity index (χ1v) is 3.82. The molecule has 0 atom stereocenters. The predicted molar refractivity (Wildman–Crippen MR) is 52.3 cm³/mol. The number of nitrogens with one attached hydrogen (secondary N) is 1. The number of benzene rings is 1. The van der Waals surface area contributed by atoms with Crippen LogP contribution in [0.5, 0.6) is 0 Å². The third kappa shape index (κ3) is 2.60. The molecule has 0 unspecified atom stereocenters. The Kier molecular flexibility index (Phi) is 3.21. The maximum atomic E-state index is 10.6. The molecule has 70 valence electrons. The molecule has 0 saturated heterocycles. The quantitative estimate of drug-likeness (QED) is 0.533. The van der Waals surface area contributed by atoms with Crippen LogP contribution < -0.4 is 11.2 Å². The highest BCUT2D eigenvalue weighted by Gasteiger charge is 2.03. The first-order valence-electron chi connectivity index (χ1n) is 3.82. The number of carbonyl (C=O) groups is 1. The summed E-state index contributed by atoms with van der Waals surface area (Å²) in [5.41, 5.74) is 7.75. The monoisotopic (exact) mass is 188 g/mol. The van der Waals surface area contributed by atoms with Gasteiger partial charge in [-0.3, -0.25) is 10.2 Å². The molecule has 0 saturated carbocycles. The normalized spacial score (nSPS) is 10.4. The fourth-order valence-electron chi connectivity index (χ4n) is 0.768. The predicted octanol–water partition coefficient (Wildman–Crippen LogP) is 0.463. The third-order valence-corrected chi connectivity index (χ3v) is 1.41. The Morgan fingerprint density at radius 3 is 2.57 bits per heavy atom. The second kappa shape index (κ2) is 4.62. The topological polar surface area (TPSA) is 91.3 Å². The average molecular weight is 188 g/mol. The van der Waals surface area contributed by atoms with Crippen molar-refractivity contribution in [3.8, 4) is 6.07 Å². The lowest BCUT2D eigenvalue weighted by atomic mass is 10.3. The standard InChI is InChI=1S/C9H8N4O/c10-6-8(9(11)14)13-12-7-4-2-1-3-5-7/h1-5,12H,(H2,11,14). The van der Waals surface area contributed by atoms with E-state index in [1.165, 1.54) is 0 Å². The van der Waals surface area contributed by atoms with Crippen molar-refractivity contribution in [1.82, 2.24) is 0 Å². The molecule has 3 N–H and O–H groups in total. The molecule has 0 fully saturated rings. The lowest BCUT2D eigenvalue weighted by molar-refractivity contribution is -0.111. The first kappa shape index (κ1) is 9.74. The van der Waals surface area contributed by atoms with E-state index in [0.29, 0.717) is 5.69 Å². The average Bonchev–Trinajstić information content (AvgIpc) is 2.20. The SMILES string of the molecule is N#CC(=NNc1ccccc1)C(N)=O. The number of nitriles is 1. The van der Waals surface area contributed by atoms with Gasteiger partial charge in [-0.15, -0.1) is 0 Å². The van der Waals surface area contributed by atoms with E-state index < -0.39 is 5.91 Å². The molecule has 14 heavy (non-hydrogen) atoms. The summed E-state index contributed by atoms with van der Waals surface area (Å²) in [5.74, 6) is -0.851. The van der Waals surface area contributed by atoms with E-state index in [-0.39, 0.29) is 5.71 Å². The number of hydrazone groups is 1. The van der Waals surface area contributed by atoms with Gasteiger partial charge in [0, 0.05) is 0 Å². The van der Waals surface area contributed by atoms with Gasteiger partial charge < -0.3 is 5.73 Å². The molecule has 1 aromatic rings. The molecule has 0 bridgehead atoms. The van der Waals surface area contributed by atoms with Crippen LogP contribution in [0.4, 0.5) is 5.69 Å². The highest BCUT2D eigenvalue weighted by atomic mass is 16.1. The number of carbonyl (C=O) groups excluding carboxylic acids is 1. The van der Waals surface area contributed by atoms with E-state index in [1.807, 2.05) is 6.07 Å². The molecule has 1 aromatic carbocycles. The third-order valence-electron chi connectivity index (χ3n) is 1.41. The number of anilines is 1. The Labute approximate surface area is 80.8 Å². The molecule has 0 spiro atoms. The van der Waals surface area contributed by atoms with Crippen LogP contribution in [0.2, 0.25) is 0 Å². The number of amides is 1. The second-order valence-electron chi connectivity index (χ2n) is 2.41. The number of hydrogen-bond donors (Lipinski definition) is 2. The van der Waals surface area contributed by atoms with Crippen molar-refractivity contribution in [2.45, 2.75) is 0 Å². The van der Waals surface area contributed by atoms with Gasteiger partial charge >= 0.3 is 0 Å². The zero-order valence-corrected chi connectivity index (χ0v) is 7.27. The maximum absolute atomic E-state index is 10.6. The molecule has 0 radical (unpaired) electrons. The van der Waals surface area contributed by atoms with Gasteiger partial charge in [0.15, 0.2) is 0 Å². The maximum Gasteiger partial charge on any atom is 0.280 e. The highest BCUT2D eigenvalue weighted by Crippen LogP contribution is 2.04. The van der Waals surface area contributed by atoms with Gasteiger partial charge in [0.25, 0.3) is 5.91 Å². The van der Waals surface area contributed by atoms with Crippen LogP contribution in [0.3, 0.4) is 0 Å². The van der Waals surface area contributed by atoms with E-state index in [9.17, 15) is 4.79 Å². The van der Waals surface area contributed by atoms with Gasteiger partial charge in [-0.1, -0.05) is 18.2 Å². The molecular weight excluding hydrogens is 180 g/mol. The summed E-state index contributed by atoms with van der Waals surface area (Å²) in [6.07, 6.45) is 0. The van der Waals surface area contributed by atoms with Crippen LogP contribution >= 0.6 is 0 Å². The Morgan fingerprint density at radius 1 is 1.43 bits per heavy atom. The zero-order chi connectivity index (χ0) is 10.4. The number of rotatable bonds is 3. The van der Waals surface area contributed by atoms with E-state index >= 15 is 0 Å². The van der Waals surface area contributed by atoms with E-state index in [1.54, 1.807) is 30.3 Å². The van der Waals surface area contributed by atoms with Crippen molar-refractivity contribution in [2.24, 2.45) is 10.8 Å². The van der Waals surface area contributed by atoms with Gasteiger partial charge in [-0.05, 0) is 12.1 Å². The van der Waals surface area contributed by atoms with Crippen LogP contribution in [0.1, 0.15) is 0 Å². The lowest BCUT2D eigenvalue weighted by Gasteiger charge is -1.98. The Balaban J connectivity index is 2.73. The molecular formula is C9H8N4O. The minimum Gasteiger partial charge on any atom is -0.364 e. The fourth-order valence-corrected chi connectivity index (χ4v) is 0.768. The summed E-state index contributed by atoms with van der Waals surface area (Å²) in [5, 5.41) is 12.0. The molecule has 5 heteroatoms. The molecule has 1 rings (SSSR count). The van der Waals surface area contributed by atoms with Crippen LogP contribution in [-0.4, -0.2) is 11.6 Å². The first-order chi connectivity index (χ1) is 6.74. The molecule has 0 heterocycles. The lowest BCUT2D eigenvalue weighted by Crippen LogP contribution is -2.22. The Morgan fingerprint density at radius 2 is 2.07 bits per heavy atom. The number of primary amides is 1. The highest BCUT2D eigenvalue weighted by molar-refractivity contribution is 6.44. The summed E-state index contributed by atoms with van der Waals surface area (Å²) in [6.45, 7) is 0. The minimum atomic E-state index is -0.851.